The highest BCUT2D eigenvalue weighted by Crippen LogP contribution is 2.41. The zero-order valence-corrected chi connectivity index (χ0v) is 9.98. The van der Waals surface area contributed by atoms with Gasteiger partial charge in [-0.15, -0.1) is 0 Å². The topological polar surface area (TPSA) is 37.3 Å². The van der Waals surface area contributed by atoms with E-state index in [2.05, 4.69) is 0 Å². The summed E-state index contributed by atoms with van der Waals surface area (Å²) in [5.74, 6) is -1.86. The molecular weight excluding hydrogens is 238 g/mol. The van der Waals surface area contributed by atoms with Crippen molar-refractivity contribution >= 4 is 5.97 Å². The minimum absolute atomic E-state index is 0.172. The maximum Gasteiger partial charge on any atom is 0.335 e. The van der Waals surface area contributed by atoms with Crippen molar-refractivity contribution in [1.29, 1.82) is 0 Å². The first-order valence-corrected chi connectivity index (χ1v) is 6.21. The minimum atomic E-state index is -2.33. The van der Waals surface area contributed by atoms with Crippen LogP contribution in [0.15, 0.2) is 24.3 Å². The standard InChI is InChI=1S/C14H16F2O2/c15-13(16)12-7-2-1-6-11(12)9-4-3-5-10(8-9)14(17)18/h3-5,8,11-13H,1-2,6-7H2,(H,17,18). The van der Waals surface area contributed by atoms with Crippen molar-refractivity contribution in [3.8, 4) is 0 Å². The number of halogens is 2. The third kappa shape index (κ3) is 2.68. The van der Waals surface area contributed by atoms with Crippen molar-refractivity contribution in [1.82, 2.24) is 0 Å². The lowest BCUT2D eigenvalue weighted by Gasteiger charge is -2.31. The summed E-state index contributed by atoms with van der Waals surface area (Å²) < 4.78 is 26.0. The predicted molar refractivity (Wildman–Crippen MR) is 64.1 cm³/mol. The number of carboxylic acid groups (broad SMARTS) is 1. The summed E-state index contributed by atoms with van der Waals surface area (Å²) in [4.78, 5) is 10.9. The van der Waals surface area contributed by atoms with Crippen LogP contribution < -0.4 is 0 Å². The quantitative estimate of drug-likeness (QED) is 0.887. The maximum absolute atomic E-state index is 13.0. The van der Waals surface area contributed by atoms with Gasteiger partial charge >= 0.3 is 5.97 Å². The van der Waals surface area contributed by atoms with Crippen molar-refractivity contribution in [3.05, 3.63) is 35.4 Å². The van der Waals surface area contributed by atoms with Gasteiger partial charge in [0.25, 0.3) is 0 Å². The highest BCUT2D eigenvalue weighted by molar-refractivity contribution is 5.87. The molecule has 0 radical (unpaired) electrons. The van der Waals surface area contributed by atoms with Crippen LogP contribution in [0, 0.1) is 5.92 Å². The number of hydrogen-bond donors (Lipinski definition) is 1. The summed E-state index contributed by atoms with van der Waals surface area (Å²) in [5.41, 5.74) is 0.908. The molecule has 2 unspecified atom stereocenters. The molecule has 1 aromatic rings. The first-order valence-electron chi connectivity index (χ1n) is 6.21. The monoisotopic (exact) mass is 254 g/mol. The zero-order chi connectivity index (χ0) is 13.1. The van der Waals surface area contributed by atoms with E-state index in [0.29, 0.717) is 6.42 Å². The molecule has 2 atom stereocenters. The molecule has 4 heteroatoms. The molecule has 2 nitrogen and oxygen atoms in total. The number of hydrogen-bond acceptors (Lipinski definition) is 1. The predicted octanol–water partition coefficient (Wildman–Crippen LogP) is 3.92. The van der Waals surface area contributed by atoms with Crippen molar-refractivity contribution < 1.29 is 18.7 Å². The highest BCUT2D eigenvalue weighted by Gasteiger charge is 2.33. The molecular formula is C14H16F2O2. The second-order valence-electron chi connectivity index (χ2n) is 4.82. The van der Waals surface area contributed by atoms with Gasteiger partial charge in [-0.1, -0.05) is 25.0 Å². The number of benzene rings is 1. The minimum Gasteiger partial charge on any atom is -0.478 e. The van der Waals surface area contributed by atoms with E-state index in [1.165, 1.54) is 12.1 Å². The van der Waals surface area contributed by atoms with Gasteiger partial charge in [-0.3, -0.25) is 0 Å². The van der Waals surface area contributed by atoms with Crippen LogP contribution in [0.5, 0.6) is 0 Å². The second kappa shape index (κ2) is 5.46. The van der Waals surface area contributed by atoms with Gasteiger partial charge in [0.15, 0.2) is 0 Å². The van der Waals surface area contributed by atoms with Gasteiger partial charge in [0.05, 0.1) is 5.56 Å². The average molecular weight is 254 g/mol. The molecule has 1 aliphatic carbocycles. The van der Waals surface area contributed by atoms with E-state index in [1.807, 2.05) is 0 Å². The van der Waals surface area contributed by atoms with E-state index in [-0.39, 0.29) is 11.5 Å². The third-order valence-corrected chi connectivity index (χ3v) is 3.70. The Morgan fingerprint density at radius 1 is 1.28 bits per heavy atom. The fourth-order valence-corrected chi connectivity index (χ4v) is 2.78. The molecule has 18 heavy (non-hydrogen) atoms. The molecule has 2 rings (SSSR count). The van der Waals surface area contributed by atoms with Crippen LogP contribution in [0.1, 0.15) is 47.5 Å². The molecule has 0 aromatic heterocycles. The Hall–Kier alpha value is -1.45. The van der Waals surface area contributed by atoms with Gasteiger partial charge in [0, 0.05) is 5.92 Å². The maximum atomic E-state index is 13.0. The van der Waals surface area contributed by atoms with E-state index in [1.54, 1.807) is 12.1 Å². The van der Waals surface area contributed by atoms with E-state index in [0.717, 1.165) is 24.8 Å². The van der Waals surface area contributed by atoms with Crippen LogP contribution in [0.25, 0.3) is 0 Å². The third-order valence-electron chi connectivity index (χ3n) is 3.70. The van der Waals surface area contributed by atoms with Gasteiger partial charge in [-0.2, -0.15) is 0 Å². The van der Waals surface area contributed by atoms with Crippen LogP contribution in [-0.2, 0) is 0 Å². The lowest BCUT2D eigenvalue weighted by molar-refractivity contribution is 0.0430. The van der Waals surface area contributed by atoms with Crippen molar-refractivity contribution in [2.45, 2.75) is 38.0 Å². The first-order chi connectivity index (χ1) is 8.59. The Labute approximate surface area is 105 Å². The molecule has 1 aliphatic rings. The summed E-state index contributed by atoms with van der Waals surface area (Å²) in [6.07, 6.45) is 0.691. The molecule has 0 spiro atoms. The number of carbonyl (C=O) groups is 1. The number of carboxylic acids is 1. The molecule has 1 fully saturated rings. The van der Waals surface area contributed by atoms with Crippen LogP contribution >= 0.6 is 0 Å². The Bertz CT molecular complexity index is 432. The Morgan fingerprint density at radius 2 is 2.00 bits per heavy atom. The Kier molecular flexibility index (Phi) is 3.94. The van der Waals surface area contributed by atoms with Crippen LogP contribution in [-0.4, -0.2) is 17.5 Å². The normalized spacial score (nSPS) is 24.2. The largest absolute Gasteiger partial charge is 0.478 e. The van der Waals surface area contributed by atoms with E-state index >= 15 is 0 Å². The summed E-state index contributed by atoms with van der Waals surface area (Å²) in [7, 11) is 0. The van der Waals surface area contributed by atoms with Crippen LogP contribution in [0.2, 0.25) is 0 Å². The fourth-order valence-electron chi connectivity index (χ4n) is 2.78. The summed E-state index contributed by atoms with van der Waals surface area (Å²) in [5, 5.41) is 8.93. The van der Waals surface area contributed by atoms with Crippen molar-refractivity contribution in [2.24, 2.45) is 5.92 Å². The van der Waals surface area contributed by atoms with Gasteiger partial charge in [0.2, 0.25) is 6.43 Å². The van der Waals surface area contributed by atoms with Gasteiger partial charge < -0.3 is 5.11 Å². The van der Waals surface area contributed by atoms with Gasteiger partial charge in [-0.05, 0) is 36.5 Å². The first kappa shape index (κ1) is 13.0. The second-order valence-corrected chi connectivity index (χ2v) is 4.82. The zero-order valence-electron chi connectivity index (χ0n) is 9.98. The van der Waals surface area contributed by atoms with E-state index < -0.39 is 18.3 Å². The van der Waals surface area contributed by atoms with Crippen LogP contribution in [0.3, 0.4) is 0 Å². The Morgan fingerprint density at radius 3 is 2.67 bits per heavy atom. The molecule has 0 saturated heterocycles. The van der Waals surface area contributed by atoms with Crippen molar-refractivity contribution in [2.75, 3.05) is 0 Å². The summed E-state index contributed by atoms with van der Waals surface area (Å²) >= 11 is 0. The molecule has 0 aliphatic heterocycles. The Balaban J connectivity index is 2.28. The van der Waals surface area contributed by atoms with Crippen molar-refractivity contribution in [3.63, 3.8) is 0 Å². The number of rotatable bonds is 3. The number of alkyl halides is 2. The number of aromatic carboxylic acids is 1. The van der Waals surface area contributed by atoms with Gasteiger partial charge in [-0.25, -0.2) is 13.6 Å². The lowest BCUT2D eigenvalue weighted by atomic mass is 9.75. The molecule has 1 aromatic carbocycles. The van der Waals surface area contributed by atoms with Gasteiger partial charge in [0.1, 0.15) is 0 Å². The highest BCUT2D eigenvalue weighted by atomic mass is 19.3. The van der Waals surface area contributed by atoms with E-state index in [9.17, 15) is 13.6 Å². The molecule has 0 heterocycles. The fraction of sp³-hybridized carbons (Fsp3) is 0.500. The molecule has 0 bridgehead atoms. The lowest BCUT2D eigenvalue weighted by Crippen LogP contribution is -2.24. The summed E-state index contributed by atoms with van der Waals surface area (Å²) in [6.45, 7) is 0. The van der Waals surface area contributed by atoms with E-state index in [4.69, 9.17) is 5.11 Å². The van der Waals surface area contributed by atoms with Crippen LogP contribution in [0.4, 0.5) is 8.78 Å². The molecule has 98 valence electrons. The molecule has 1 saturated carbocycles. The molecule has 1 N–H and O–H groups in total. The summed E-state index contributed by atoms with van der Waals surface area (Å²) in [6, 6.07) is 6.42. The SMILES string of the molecule is O=C(O)c1cccc(C2CCCCC2C(F)F)c1. The smallest absolute Gasteiger partial charge is 0.335 e. The molecule has 0 amide bonds. The average Bonchev–Trinajstić information content (AvgIpc) is 2.39.